The molecule has 5 rings (SSSR count). The smallest absolute Gasteiger partial charge is 0.380 e. The molecule has 8 heteroatoms. The summed E-state index contributed by atoms with van der Waals surface area (Å²) in [5.41, 5.74) is 2.52. The van der Waals surface area contributed by atoms with Gasteiger partial charge in [0.05, 0.1) is 16.6 Å². The summed E-state index contributed by atoms with van der Waals surface area (Å²) < 4.78 is 0. The molecular formula is C28H34ClN4O2Os. The first-order valence-electron chi connectivity index (χ1n) is 12.8. The molecule has 6 nitrogen and oxygen atoms in total. The molecule has 2 aromatic carbocycles. The maximum absolute atomic E-state index is 12.8. The van der Waals surface area contributed by atoms with Gasteiger partial charge in [0.15, 0.2) is 5.91 Å². The molecule has 0 unspecified atom stereocenters. The number of halogens is 1. The molecule has 0 atom stereocenters. The Hall–Kier alpha value is -2.06. The Balaban J connectivity index is 0.00000304. The summed E-state index contributed by atoms with van der Waals surface area (Å²) in [6.07, 6.45) is 7.11. The Kier molecular flexibility index (Phi) is 9.33. The second kappa shape index (κ2) is 12.5. The molecule has 193 valence electrons. The van der Waals surface area contributed by atoms with Gasteiger partial charge < -0.3 is 15.1 Å². The number of amides is 2. The van der Waals surface area contributed by atoms with Crippen molar-refractivity contribution in [2.24, 2.45) is 0 Å². The summed E-state index contributed by atoms with van der Waals surface area (Å²) in [5, 5.41) is 4.09. The first kappa shape index (κ1) is 27.0. The summed E-state index contributed by atoms with van der Waals surface area (Å²) in [6, 6.07) is 16.4. The van der Waals surface area contributed by atoms with E-state index in [1.54, 1.807) is 6.42 Å². The minimum atomic E-state index is 0. The Morgan fingerprint density at radius 1 is 0.889 bits per heavy atom. The molecular weight excluding hydrogens is 650 g/mol. The number of nitrogens with zero attached hydrogens (tertiary/aromatic N) is 3. The maximum atomic E-state index is 12.8. The van der Waals surface area contributed by atoms with Crippen LogP contribution in [-0.2, 0) is 24.6 Å². The zero-order chi connectivity index (χ0) is 24.2. The largest absolute Gasteiger partial charge is 1.00 e. The number of likely N-dealkylation sites (tertiary alicyclic amines) is 3. The van der Waals surface area contributed by atoms with E-state index < -0.39 is 0 Å². The monoisotopic (exact) mass is 685 g/mol. The predicted octanol–water partition coefficient (Wildman–Crippen LogP) is 4.30. The Morgan fingerprint density at radius 3 is 2.25 bits per heavy atom. The minimum Gasteiger partial charge on any atom is -0.380 e. The third kappa shape index (κ3) is 6.43. The zero-order valence-electron chi connectivity index (χ0n) is 20.5. The molecule has 0 saturated carbocycles. The fourth-order valence-corrected chi connectivity index (χ4v) is 5.68. The van der Waals surface area contributed by atoms with Crippen LogP contribution >= 0.6 is 11.6 Å². The van der Waals surface area contributed by atoms with Crippen molar-refractivity contribution in [2.45, 2.75) is 44.2 Å². The van der Waals surface area contributed by atoms with Crippen LogP contribution in [0.5, 0.6) is 0 Å². The Labute approximate surface area is 232 Å². The van der Waals surface area contributed by atoms with Crippen LogP contribution in [0.2, 0.25) is 5.02 Å². The van der Waals surface area contributed by atoms with Crippen LogP contribution in [0, 0.1) is 6.42 Å². The molecule has 0 bridgehead atoms. The topological polar surface area (TPSA) is 55.9 Å². The molecule has 3 aliphatic heterocycles. The van der Waals surface area contributed by atoms with Crippen LogP contribution in [0.3, 0.4) is 0 Å². The van der Waals surface area contributed by atoms with Crippen LogP contribution in [0.15, 0.2) is 48.5 Å². The van der Waals surface area contributed by atoms with E-state index in [4.69, 9.17) is 11.6 Å². The van der Waals surface area contributed by atoms with Gasteiger partial charge in [0.25, 0.3) is 5.91 Å². The van der Waals surface area contributed by atoms with Crippen molar-refractivity contribution in [1.29, 1.82) is 0 Å². The number of hydrogen-bond donors (Lipinski definition) is 1. The molecule has 3 fully saturated rings. The standard InChI is InChI=1S/C28H34ClN4O2.Os/c29-26-18-22(9-10-25(26)28(35)32-13-5-2-6-14-32)30-23-19-33(20-23)24-11-15-31(16-12-24)27(34)17-21-7-3-1-4-8-21;/h1,3-4,7-10,17-18,23-24,30H,2,5-6,11-16,19-20H2;/q-1;+1. The minimum absolute atomic E-state index is 0. The van der Waals surface area contributed by atoms with Crippen LogP contribution in [-0.4, -0.2) is 77.9 Å². The van der Waals surface area contributed by atoms with Gasteiger partial charge in [0.2, 0.25) is 0 Å². The van der Waals surface area contributed by atoms with Crippen LogP contribution in [0.4, 0.5) is 5.69 Å². The fourth-order valence-electron chi connectivity index (χ4n) is 5.42. The van der Waals surface area contributed by atoms with Crippen molar-refractivity contribution in [2.75, 3.05) is 44.6 Å². The number of nitrogens with one attached hydrogen (secondary N) is 1. The Bertz CT molecular complexity index is 1030. The summed E-state index contributed by atoms with van der Waals surface area (Å²) in [4.78, 5) is 31.8. The van der Waals surface area contributed by atoms with Gasteiger partial charge in [0.1, 0.15) is 0 Å². The van der Waals surface area contributed by atoms with E-state index in [0.29, 0.717) is 22.7 Å². The van der Waals surface area contributed by atoms with Crippen LogP contribution in [0.25, 0.3) is 0 Å². The molecule has 3 saturated heterocycles. The van der Waals surface area contributed by atoms with Gasteiger partial charge in [-0.05, 0) is 50.3 Å². The van der Waals surface area contributed by atoms with Gasteiger partial charge in [-0.25, -0.2) is 0 Å². The predicted molar refractivity (Wildman–Crippen MR) is 140 cm³/mol. The number of carbonyl (C=O) groups excluding carboxylic acids is 2. The summed E-state index contributed by atoms with van der Waals surface area (Å²) in [7, 11) is 0. The van der Waals surface area contributed by atoms with Crippen LogP contribution < -0.4 is 5.32 Å². The normalized spacial score (nSPS) is 19.2. The molecule has 0 aromatic heterocycles. The molecule has 36 heavy (non-hydrogen) atoms. The fraction of sp³-hybridized carbons (Fsp3) is 0.464. The first-order valence-corrected chi connectivity index (χ1v) is 13.2. The van der Waals surface area contributed by atoms with Crippen molar-refractivity contribution < 1.29 is 29.4 Å². The van der Waals surface area contributed by atoms with Crippen molar-refractivity contribution in [1.82, 2.24) is 14.7 Å². The van der Waals surface area contributed by atoms with E-state index in [1.165, 1.54) is 6.42 Å². The summed E-state index contributed by atoms with van der Waals surface area (Å²) >= 11 is 6.50. The van der Waals surface area contributed by atoms with Gasteiger partial charge >= 0.3 is 19.8 Å². The molecule has 2 aromatic rings. The second-order valence-corrected chi connectivity index (χ2v) is 10.4. The van der Waals surface area contributed by atoms with E-state index in [2.05, 4.69) is 10.2 Å². The SMILES string of the molecule is O=C([CH-]c1ccccc1)N1CCC(N2CC(Nc3ccc(C(=O)N4CCCCC4)c(Cl)c3)C2)CC1.[Os+]. The zero-order valence-corrected chi connectivity index (χ0v) is 23.8. The maximum Gasteiger partial charge on any atom is 1.00 e. The van der Waals surface area contributed by atoms with Gasteiger partial charge in [-0.3, -0.25) is 14.5 Å². The van der Waals surface area contributed by atoms with E-state index in [1.807, 2.05) is 58.3 Å². The van der Waals surface area contributed by atoms with E-state index in [9.17, 15) is 9.59 Å². The van der Waals surface area contributed by atoms with Crippen molar-refractivity contribution in [3.63, 3.8) is 0 Å². The van der Waals surface area contributed by atoms with Gasteiger partial charge in [0, 0.05) is 51.0 Å². The van der Waals surface area contributed by atoms with Gasteiger partial charge in [-0.15, -0.1) is 12.1 Å². The number of anilines is 1. The van der Waals surface area contributed by atoms with Crippen LogP contribution in [0.1, 0.15) is 48.0 Å². The van der Waals surface area contributed by atoms with Gasteiger partial charge in [-0.2, -0.15) is 17.7 Å². The quantitative estimate of drug-likeness (QED) is 0.462. The number of hydrogen-bond acceptors (Lipinski definition) is 4. The molecule has 1 radical (unpaired) electrons. The van der Waals surface area contributed by atoms with E-state index in [0.717, 1.165) is 76.2 Å². The van der Waals surface area contributed by atoms with E-state index >= 15 is 0 Å². The van der Waals surface area contributed by atoms with Crippen molar-refractivity contribution in [3.05, 3.63) is 71.1 Å². The Morgan fingerprint density at radius 2 is 1.58 bits per heavy atom. The number of benzene rings is 2. The molecule has 0 aliphatic carbocycles. The molecule has 0 spiro atoms. The first-order chi connectivity index (χ1) is 17.1. The van der Waals surface area contributed by atoms with Crippen molar-refractivity contribution >= 4 is 29.1 Å². The number of piperidine rings is 2. The molecule has 3 heterocycles. The van der Waals surface area contributed by atoms with Crippen molar-refractivity contribution in [3.8, 4) is 0 Å². The molecule has 2 amide bonds. The average Bonchev–Trinajstić information content (AvgIpc) is 2.87. The van der Waals surface area contributed by atoms with Gasteiger partial charge in [-0.1, -0.05) is 24.1 Å². The molecule has 1 N–H and O–H groups in total. The molecule has 3 aliphatic rings. The third-order valence-electron chi connectivity index (χ3n) is 7.51. The second-order valence-electron chi connectivity index (χ2n) is 9.95. The summed E-state index contributed by atoms with van der Waals surface area (Å²) in [6.45, 7) is 5.24. The van der Waals surface area contributed by atoms with E-state index in [-0.39, 0.29) is 31.6 Å². The number of carbonyl (C=O) groups is 2. The third-order valence-corrected chi connectivity index (χ3v) is 7.82. The number of rotatable bonds is 6. The average molecular weight is 684 g/mol. The summed E-state index contributed by atoms with van der Waals surface area (Å²) in [5.74, 6) is 0.152.